The highest BCUT2D eigenvalue weighted by Gasteiger charge is 2.37. The van der Waals surface area contributed by atoms with Crippen molar-refractivity contribution in [3.8, 4) is 0 Å². The van der Waals surface area contributed by atoms with Crippen LogP contribution in [0.4, 0.5) is 5.69 Å². The molecule has 1 aromatic carbocycles. The zero-order chi connectivity index (χ0) is 14.0. The van der Waals surface area contributed by atoms with Gasteiger partial charge in [0.05, 0.1) is 11.8 Å². The zero-order valence-corrected chi connectivity index (χ0v) is 11.3. The lowest BCUT2D eigenvalue weighted by molar-refractivity contribution is -0.145. The molecule has 19 heavy (non-hydrogen) atoms. The van der Waals surface area contributed by atoms with Crippen LogP contribution in [0.5, 0.6) is 0 Å². The molecule has 0 saturated heterocycles. The second kappa shape index (κ2) is 5.43. The van der Waals surface area contributed by atoms with Gasteiger partial charge in [-0.25, -0.2) is 0 Å². The van der Waals surface area contributed by atoms with Crippen LogP contribution in [0, 0.1) is 25.7 Å². The van der Waals surface area contributed by atoms with Crippen molar-refractivity contribution >= 4 is 17.6 Å². The van der Waals surface area contributed by atoms with Gasteiger partial charge in [0.1, 0.15) is 0 Å². The van der Waals surface area contributed by atoms with E-state index in [1.54, 1.807) is 0 Å². The molecule has 0 bridgehead atoms. The minimum atomic E-state index is -0.862. The topological polar surface area (TPSA) is 66.4 Å². The van der Waals surface area contributed by atoms with Crippen LogP contribution in [0.3, 0.4) is 0 Å². The van der Waals surface area contributed by atoms with Crippen LogP contribution in [0.1, 0.15) is 30.4 Å². The van der Waals surface area contributed by atoms with E-state index in [2.05, 4.69) is 5.32 Å². The van der Waals surface area contributed by atoms with E-state index < -0.39 is 17.8 Å². The smallest absolute Gasteiger partial charge is 0.307 e. The van der Waals surface area contributed by atoms with E-state index in [0.29, 0.717) is 12.8 Å². The molecule has 1 aliphatic rings. The van der Waals surface area contributed by atoms with E-state index in [9.17, 15) is 9.59 Å². The Bertz CT molecular complexity index is 510. The molecule has 0 aromatic heterocycles. The Hall–Kier alpha value is -1.84. The van der Waals surface area contributed by atoms with Crippen molar-refractivity contribution < 1.29 is 14.7 Å². The summed E-state index contributed by atoms with van der Waals surface area (Å²) < 4.78 is 0. The number of carbonyl (C=O) groups is 2. The minimum Gasteiger partial charge on any atom is -0.481 e. The molecule has 1 fully saturated rings. The van der Waals surface area contributed by atoms with Gasteiger partial charge in [-0.05, 0) is 43.9 Å². The molecule has 0 spiro atoms. The van der Waals surface area contributed by atoms with Crippen LogP contribution in [0.15, 0.2) is 18.2 Å². The van der Waals surface area contributed by atoms with Gasteiger partial charge in [-0.1, -0.05) is 18.6 Å². The Morgan fingerprint density at radius 2 is 1.89 bits per heavy atom. The van der Waals surface area contributed by atoms with Crippen molar-refractivity contribution in [2.75, 3.05) is 5.32 Å². The SMILES string of the molecule is Cc1ccc(C)c(NC(=O)[C@@H]2CCC[C@@H]2C(=O)O)c1. The third kappa shape index (κ3) is 2.95. The van der Waals surface area contributed by atoms with Crippen molar-refractivity contribution in [1.29, 1.82) is 0 Å². The molecule has 0 unspecified atom stereocenters. The van der Waals surface area contributed by atoms with E-state index in [1.807, 2.05) is 32.0 Å². The number of carboxylic acid groups (broad SMARTS) is 1. The standard InChI is InChI=1S/C15H19NO3/c1-9-6-7-10(2)13(8-9)16-14(17)11-4-3-5-12(11)15(18)19/h6-8,11-12H,3-5H2,1-2H3,(H,16,17)(H,18,19)/t11-,12+/m1/s1. The summed E-state index contributed by atoms with van der Waals surface area (Å²) in [6.45, 7) is 3.89. The molecular weight excluding hydrogens is 242 g/mol. The number of carboxylic acids is 1. The number of benzene rings is 1. The molecule has 4 nitrogen and oxygen atoms in total. The van der Waals surface area contributed by atoms with Gasteiger partial charge in [-0.2, -0.15) is 0 Å². The van der Waals surface area contributed by atoms with Gasteiger partial charge < -0.3 is 10.4 Å². The van der Waals surface area contributed by atoms with E-state index in [1.165, 1.54) is 0 Å². The summed E-state index contributed by atoms with van der Waals surface area (Å²) in [7, 11) is 0. The van der Waals surface area contributed by atoms with Crippen molar-refractivity contribution in [3.63, 3.8) is 0 Å². The van der Waals surface area contributed by atoms with Crippen molar-refractivity contribution in [3.05, 3.63) is 29.3 Å². The second-order valence-electron chi connectivity index (χ2n) is 5.29. The molecule has 1 amide bonds. The normalized spacial score (nSPS) is 22.2. The second-order valence-corrected chi connectivity index (χ2v) is 5.29. The lowest BCUT2D eigenvalue weighted by Gasteiger charge is -2.17. The number of aliphatic carboxylic acids is 1. The fraction of sp³-hybridized carbons (Fsp3) is 0.467. The average molecular weight is 261 g/mol. The number of hydrogen-bond acceptors (Lipinski definition) is 2. The quantitative estimate of drug-likeness (QED) is 0.879. The van der Waals surface area contributed by atoms with E-state index in [4.69, 9.17) is 5.11 Å². The van der Waals surface area contributed by atoms with Gasteiger partial charge in [0.2, 0.25) is 5.91 Å². The Labute approximate surface area is 112 Å². The lowest BCUT2D eigenvalue weighted by atomic mass is 9.95. The number of anilines is 1. The third-order valence-corrected chi connectivity index (χ3v) is 3.82. The fourth-order valence-electron chi connectivity index (χ4n) is 2.67. The Morgan fingerprint density at radius 1 is 1.21 bits per heavy atom. The Kier molecular flexibility index (Phi) is 3.88. The molecule has 4 heteroatoms. The highest BCUT2D eigenvalue weighted by Crippen LogP contribution is 2.33. The molecule has 2 rings (SSSR count). The van der Waals surface area contributed by atoms with E-state index in [-0.39, 0.29) is 5.91 Å². The monoisotopic (exact) mass is 261 g/mol. The van der Waals surface area contributed by atoms with Gasteiger partial charge in [0.25, 0.3) is 0 Å². The highest BCUT2D eigenvalue weighted by molar-refractivity contribution is 5.96. The van der Waals surface area contributed by atoms with Crippen LogP contribution < -0.4 is 5.32 Å². The van der Waals surface area contributed by atoms with Gasteiger partial charge in [-0.3, -0.25) is 9.59 Å². The van der Waals surface area contributed by atoms with Crippen molar-refractivity contribution in [1.82, 2.24) is 0 Å². The van der Waals surface area contributed by atoms with Gasteiger partial charge >= 0.3 is 5.97 Å². The molecule has 102 valence electrons. The molecule has 1 aromatic rings. The molecular formula is C15H19NO3. The molecule has 0 radical (unpaired) electrons. The summed E-state index contributed by atoms with van der Waals surface area (Å²) in [5.74, 6) is -1.97. The number of aryl methyl sites for hydroxylation is 2. The first-order chi connectivity index (χ1) is 8.99. The molecule has 0 heterocycles. The summed E-state index contributed by atoms with van der Waals surface area (Å²) in [5.41, 5.74) is 2.84. The summed E-state index contributed by atoms with van der Waals surface area (Å²) >= 11 is 0. The molecule has 1 aliphatic carbocycles. The van der Waals surface area contributed by atoms with Crippen LogP contribution in [-0.2, 0) is 9.59 Å². The summed E-state index contributed by atoms with van der Waals surface area (Å²) in [5, 5.41) is 12.0. The molecule has 0 aliphatic heterocycles. The maximum absolute atomic E-state index is 12.2. The molecule has 2 N–H and O–H groups in total. The lowest BCUT2D eigenvalue weighted by Crippen LogP contribution is -2.30. The van der Waals surface area contributed by atoms with E-state index >= 15 is 0 Å². The zero-order valence-electron chi connectivity index (χ0n) is 11.3. The summed E-state index contributed by atoms with van der Waals surface area (Å²) in [4.78, 5) is 23.3. The van der Waals surface area contributed by atoms with Crippen LogP contribution in [0.2, 0.25) is 0 Å². The number of amides is 1. The van der Waals surface area contributed by atoms with Crippen LogP contribution in [0.25, 0.3) is 0 Å². The number of rotatable bonds is 3. The maximum Gasteiger partial charge on any atom is 0.307 e. The first-order valence-corrected chi connectivity index (χ1v) is 6.60. The third-order valence-electron chi connectivity index (χ3n) is 3.82. The minimum absolute atomic E-state index is 0.168. The van der Waals surface area contributed by atoms with E-state index in [0.717, 1.165) is 23.2 Å². The first kappa shape index (κ1) is 13.6. The van der Waals surface area contributed by atoms with Crippen molar-refractivity contribution in [2.45, 2.75) is 33.1 Å². The Balaban J connectivity index is 2.12. The first-order valence-electron chi connectivity index (χ1n) is 6.60. The fourth-order valence-corrected chi connectivity index (χ4v) is 2.67. The summed E-state index contributed by atoms with van der Waals surface area (Å²) in [6.07, 6.45) is 2.07. The highest BCUT2D eigenvalue weighted by atomic mass is 16.4. The average Bonchev–Trinajstić information content (AvgIpc) is 2.83. The van der Waals surface area contributed by atoms with Gasteiger partial charge in [0.15, 0.2) is 0 Å². The summed E-state index contributed by atoms with van der Waals surface area (Å²) in [6, 6.07) is 5.85. The number of nitrogens with one attached hydrogen (secondary N) is 1. The predicted molar refractivity (Wildman–Crippen MR) is 73.0 cm³/mol. The maximum atomic E-state index is 12.2. The largest absolute Gasteiger partial charge is 0.481 e. The van der Waals surface area contributed by atoms with Crippen molar-refractivity contribution in [2.24, 2.45) is 11.8 Å². The predicted octanol–water partition coefficient (Wildman–Crippen LogP) is 2.74. The van der Waals surface area contributed by atoms with Gasteiger partial charge in [0, 0.05) is 5.69 Å². The van der Waals surface area contributed by atoms with Gasteiger partial charge in [-0.15, -0.1) is 0 Å². The number of hydrogen-bond donors (Lipinski definition) is 2. The number of carbonyl (C=O) groups excluding carboxylic acids is 1. The molecule has 2 atom stereocenters. The Morgan fingerprint density at radius 3 is 2.58 bits per heavy atom. The van der Waals surface area contributed by atoms with Crippen LogP contribution >= 0.6 is 0 Å². The van der Waals surface area contributed by atoms with Crippen LogP contribution in [-0.4, -0.2) is 17.0 Å². The molecule has 1 saturated carbocycles.